The maximum atomic E-state index is 13.0. The molecule has 6 nitrogen and oxygen atoms in total. The highest BCUT2D eigenvalue weighted by Gasteiger charge is 2.12. The zero-order chi connectivity index (χ0) is 21.0. The summed E-state index contributed by atoms with van der Waals surface area (Å²) < 4.78 is 41.6. The molecule has 150 valence electrons. The number of halogens is 2. The van der Waals surface area contributed by atoms with E-state index < -0.39 is 9.84 Å². The van der Waals surface area contributed by atoms with Crippen molar-refractivity contribution in [3.05, 3.63) is 82.8 Å². The Morgan fingerprint density at radius 2 is 1.86 bits per heavy atom. The third kappa shape index (κ3) is 5.52. The van der Waals surface area contributed by atoms with Crippen LogP contribution < -0.4 is 10.1 Å². The molecule has 3 rings (SSSR count). The molecule has 1 amide bonds. The minimum atomic E-state index is -3.36. The van der Waals surface area contributed by atoms with Gasteiger partial charge in [0.15, 0.2) is 9.84 Å². The molecule has 1 aromatic heterocycles. The van der Waals surface area contributed by atoms with E-state index in [2.05, 4.69) is 10.3 Å². The maximum absolute atomic E-state index is 13.0. The fraction of sp³-hybridized carbons (Fsp3) is 0.100. The van der Waals surface area contributed by atoms with Gasteiger partial charge in [0, 0.05) is 35.6 Å². The van der Waals surface area contributed by atoms with Crippen molar-refractivity contribution in [1.29, 1.82) is 0 Å². The summed E-state index contributed by atoms with van der Waals surface area (Å²) in [5.74, 6) is -0.213. The SMILES string of the molecule is CS(=O)(=O)c1ccc(CNC(=O)c2ccnc(Oc3ccc(F)cc3)c2)c(Cl)c1. The highest BCUT2D eigenvalue weighted by atomic mass is 35.5. The zero-order valence-electron chi connectivity index (χ0n) is 15.2. The molecule has 0 spiro atoms. The molecule has 3 aromatic rings. The van der Waals surface area contributed by atoms with Gasteiger partial charge in [-0.1, -0.05) is 17.7 Å². The second-order valence-electron chi connectivity index (χ2n) is 6.15. The molecule has 0 aliphatic rings. The van der Waals surface area contributed by atoms with Crippen LogP contribution in [0.1, 0.15) is 15.9 Å². The van der Waals surface area contributed by atoms with E-state index in [1.165, 1.54) is 54.7 Å². The molecular weight excluding hydrogens is 419 g/mol. The van der Waals surface area contributed by atoms with Crippen molar-refractivity contribution in [2.24, 2.45) is 0 Å². The van der Waals surface area contributed by atoms with Crippen molar-refractivity contribution in [3.8, 4) is 11.6 Å². The summed E-state index contributed by atoms with van der Waals surface area (Å²) >= 11 is 6.12. The van der Waals surface area contributed by atoms with Gasteiger partial charge in [-0.2, -0.15) is 0 Å². The third-order valence-corrected chi connectivity index (χ3v) is 5.39. The molecule has 0 aliphatic heterocycles. The van der Waals surface area contributed by atoms with E-state index in [4.69, 9.17) is 16.3 Å². The fourth-order valence-corrected chi connectivity index (χ4v) is 3.37. The standard InChI is InChI=1S/C20H16ClFN2O4S/c1-29(26,27)17-7-2-14(18(21)11-17)12-24-20(25)13-8-9-23-19(10-13)28-16-5-3-15(22)4-6-16/h2-11H,12H2,1H3,(H,24,25). The van der Waals surface area contributed by atoms with Gasteiger partial charge in [0.05, 0.1) is 4.90 Å². The number of rotatable bonds is 6. The van der Waals surface area contributed by atoms with Crippen LogP contribution in [0.15, 0.2) is 65.7 Å². The Balaban J connectivity index is 1.67. The first kappa shape index (κ1) is 20.8. The summed E-state index contributed by atoms with van der Waals surface area (Å²) in [5.41, 5.74) is 0.880. The van der Waals surface area contributed by atoms with Gasteiger partial charge < -0.3 is 10.1 Å². The second-order valence-corrected chi connectivity index (χ2v) is 8.57. The number of aromatic nitrogens is 1. The van der Waals surface area contributed by atoms with Gasteiger partial charge in [-0.15, -0.1) is 0 Å². The minimum absolute atomic E-state index is 0.106. The second kappa shape index (κ2) is 8.59. The summed E-state index contributed by atoms with van der Waals surface area (Å²) in [4.78, 5) is 16.6. The smallest absolute Gasteiger partial charge is 0.251 e. The summed E-state index contributed by atoms with van der Waals surface area (Å²) in [5, 5.41) is 2.95. The van der Waals surface area contributed by atoms with Crippen LogP contribution >= 0.6 is 11.6 Å². The predicted octanol–water partition coefficient (Wildman–Crippen LogP) is 4.00. The number of pyridine rings is 1. The largest absolute Gasteiger partial charge is 0.439 e. The molecule has 29 heavy (non-hydrogen) atoms. The molecule has 0 saturated carbocycles. The maximum Gasteiger partial charge on any atom is 0.251 e. The Hall–Kier alpha value is -2.97. The van der Waals surface area contributed by atoms with Crippen molar-refractivity contribution in [2.45, 2.75) is 11.4 Å². The number of ether oxygens (including phenoxy) is 1. The first-order chi connectivity index (χ1) is 13.7. The monoisotopic (exact) mass is 434 g/mol. The number of hydrogen-bond donors (Lipinski definition) is 1. The summed E-state index contributed by atoms with van der Waals surface area (Å²) in [6, 6.07) is 12.7. The number of carbonyl (C=O) groups is 1. The molecule has 0 bridgehead atoms. The number of nitrogens with one attached hydrogen (secondary N) is 1. The van der Waals surface area contributed by atoms with Crippen LogP contribution in [-0.2, 0) is 16.4 Å². The predicted molar refractivity (Wildman–Crippen MR) is 106 cm³/mol. The van der Waals surface area contributed by atoms with Gasteiger partial charge in [-0.05, 0) is 48.0 Å². The van der Waals surface area contributed by atoms with Gasteiger partial charge in [0.2, 0.25) is 5.88 Å². The van der Waals surface area contributed by atoms with E-state index in [0.717, 1.165) is 6.26 Å². The van der Waals surface area contributed by atoms with Crippen LogP contribution in [0, 0.1) is 5.82 Å². The Morgan fingerprint density at radius 3 is 2.52 bits per heavy atom. The van der Waals surface area contributed by atoms with Crippen molar-refractivity contribution in [2.75, 3.05) is 6.26 Å². The topological polar surface area (TPSA) is 85.4 Å². The Morgan fingerprint density at radius 1 is 1.14 bits per heavy atom. The van der Waals surface area contributed by atoms with E-state index >= 15 is 0 Å². The molecule has 0 saturated heterocycles. The molecular formula is C20H16ClFN2O4S. The van der Waals surface area contributed by atoms with E-state index in [9.17, 15) is 17.6 Å². The third-order valence-electron chi connectivity index (χ3n) is 3.93. The highest BCUT2D eigenvalue weighted by molar-refractivity contribution is 7.90. The lowest BCUT2D eigenvalue weighted by Gasteiger charge is -2.09. The molecule has 0 radical (unpaired) electrons. The van der Waals surface area contributed by atoms with E-state index in [-0.39, 0.29) is 34.1 Å². The number of amides is 1. The Labute approximate surface area is 172 Å². The normalized spacial score (nSPS) is 11.1. The lowest BCUT2D eigenvalue weighted by Crippen LogP contribution is -2.23. The molecule has 2 aromatic carbocycles. The number of hydrogen-bond acceptors (Lipinski definition) is 5. The van der Waals surface area contributed by atoms with Crippen LogP contribution in [0.2, 0.25) is 5.02 Å². The van der Waals surface area contributed by atoms with Gasteiger partial charge in [-0.3, -0.25) is 4.79 Å². The molecule has 0 aliphatic carbocycles. The number of sulfone groups is 1. The van der Waals surface area contributed by atoms with Gasteiger partial charge >= 0.3 is 0 Å². The summed E-state index contributed by atoms with van der Waals surface area (Å²) in [6.07, 6.45) is 2.51. The van der Waals surface area contributed by atoms with E-state index in [1.54, 1.807) is 6.07 Å². The van der Waals surface area contributed by atoms with Crippen molar-refractivity contribution < 1.29 is 22.3 Å². The number of benzene rings is 2. The summed E-state index contributed by atoms with van der Waals surface area (Å²) in [7, 11) is -3.36. The molecule has 9 heteroatoms. The molecule has 1 heterocycles. The molecule has 0 atom stereocenters. The van der Waals surface area contributed by atoms with Crippen LogP contribution in [0.25, 0.3) is 0 Å². The van der Waals surface area contributed by atoms with Crippen LogP contribution in [0.5, 0.6) is 11.6 Å². The number of nitrogens with zero attached hydrogens (tertiary/aromatic N) is 1. The quantitative estimate of drug-likeness (QED) is 0.633. The van der Waals surface area contributed by atoms with E-state index in [0.29, 0.717) is 16.9 Å². The fourth-order valence-electron chi connectivity index (χ4n) is 2.41. The van der Waals surface area contributed by atoms with Gasteiger partial charge in [0.1, 0.15) is 11.6 Å². The average Bonchev–Trinajstić information content (AvgIpc) is 2.68. The lowest BCUT2D eigenvalue weighted by atomic mass is 10.2. The van der Waals surface area contributed by atoms with Crippen LogP contribution in [0.3, 0.4) is 0 Å². The van der Waals surface area contributed by atoms with Gasteiger partial charge in [0.25, 0.3) is 5.91 Å². The zero-order valence-corrected chi connectivity index (χ0v) is 16.8. The first-order valence-electron chi connectivity index (χ1n) is 8.38. The van der Waals surface area contributed by atoms with Gasteiger partial charge in [-0.25, -0.2) is 17.8 Å². The van der Waals surface area contributed by atoms with Crippen molar-refractivity contribution in [3.63, 3.8) is 0 Å². The Bertz CT molecular complexity index is 1150. The highest BCUT2D eigenvalue weighted by Crippen LogP contribution is 2.22. The molecule has 0 unspecified atom stereocenters. The molecule has 1 N–H and O–H groups in total. The van der Waals surface area contributed by atoms with E-state index in [1.807, 2.05) is 0 Å². The Kier molecular flexibility index (Phi) is 6.14. The first-order valence-corrected chi connectivity index (χ1v) is 10.7. The number of carbonyl (C=O) groups excluding carboxylic acids is 1. The van der Waals surface area contributed by atoms with Crippen LogP contribution in [-0.4, -0.2) is 25.6 Å². The average molecular weight is 435 g/mol. The van der Waals surface area contributed by atoms with Crippen LogP contribution in [0.4, 0.5) is 4.39 Å². The summed E-state index contributed by atoms with van der Waals surface area (Å²) in [6.45, 7) is 0.109. The van der Waals surface area contributed by atoms with Crippen molar-refractivity contribution >= 4 is 27.3 Å². The van der Waals surface area contributed by atoms with Crippen molar-refractivity contribution in [1.82, 2.24) is 10.3 Å². The lowest BCUT2D eigenvalue weighted by molar-refractivity contribution is 0.0950. The minimum Gasteiger partial charge on any atom is -0.439 e. The molecule has 0 fully saturated rings.